The van der Waals surface area contributed by atoms with E-state index in [1.165, 1.54) is 0 Å². The molecule has 0 radical (unpaired) electrons. The lowest BCUT2D eigenvalue weighted by molar-refractivity contribution is 0.112. The highest BCUT2D eigenvalue weighted by Gasteiger charge is 2.11. The SMILES string of the molecule is CC(C)c1cnc(COc2ccc3ccccc3c2C=O)o1. The van der Waals surface area contributed by atoms with Crippen LogP contribution in [-0.2, 0) is 6.61 Å². The van der Waals surface area contributed by atoms with Crippen molar-refractivity contribution in [3.63, 3.8) is 0 Å². The molecule has 22 heavy (non-hydrogen) atoms. The van der Waals surface area contributed by atoms with Crippen LogP contribution < -0.4 is 4.74 Å². The van der Waals surface area contributed by atoms with Crippen LogP contribution in [0.1, 0.15) is 41.8 Å². The average Bonchev–Trinajstić information content (AvgIpc) is 3.01. The molecule has 0 N–H and O–H groups in total. The molecule has 112 valence electrons. The van der Waals surface area contributed by atoms with Gasteiger partial charge in [0.1, 0.15) is 11.5 Å². The summed E-state index contributed by atoms with van der Waals surface area (Å²) in [4.78, 5) is 15.6. The Morgan fingerprint density at radius 1 is 1.23 bits per heavy atom. The predicted molar refractivity (Wildman–Crippen MR) is 84.3 cm³/mol. The third-order valence-electron chi connectivity index (χ3n) is 3.54. The van der Waals surface area contributed by atoms with E-state index < -0.39 is 0 Å². The maximum Gasteiger partial charge on any atom is 0.232 e. The van der Waals surface area contributed by atoms with E-state index in [0.717, 1.165) is 22.8 Å². The summed E-state index contributed by atoms with van der Waals surface area (Å²) in [5.74, 6) is 2.16. The van der Waals surface area contributed by atoms with Gasteiger partial charge in [-0.1, -0.05) is 44.2 Å². The molecule has 3 rings (SSSR count). The Hall–Kier alpha value is -2.62. The Morgan fingerprint density at radius 2 is 2.05 bits per heavy atom. The Kier molecular flexibility index (Phi) is 3.92. The van der Waals surface area contributed by atoms with Gasteiger partial charge in [-0.05, 0) is 16.8 Å². The van der Waals surface area contributed by atoms with Gasteiger partial charge in [0.25, 0.3) is 0 Å². The van der Waals surface area contributed by atoms with Crippen LogP contribution in [0.4, 0.5) is 0 Å². The molecule has 0 aliphatic rings. The summed E-state index contributed by atoms with van der Waals surface area (Å²) < 4.78 is 11.3. The summed E-state index contributed by atoms with van der Waals surface area (Å²) in [6, 6.07) is 11.5. The molecular weight excluding hydrogens is 278 g/mol. The van der Waals surface area contributed by atoms with E-state index in [2.05, 4.69) is 4.98 Å². The van der Waals surface area contributed by atoms with E-state index in [-0.39, 0.29) is 12.5 Å². The van der Waals surface area contributed by atoms with Crippen LogP contribution in [0.5, 0.6) is 5.75 Å². The molecule has 0 fully saturated rings. The topological polar surface area (TPSA) is 52.3 Å². The number of fused-ring (bicyclic) bond motifs is 1. The van der Waals surface area contributed by atoms with Gasteiger partial charge in [0.05, 0.1) is 11.8 Å². The molecule has 0 aliphatic heterocycles. The second-order valence-corrected chi connectivity index (χ2v) is 5.42. The van der Waals surface area contributed by atoms with E-state index in [1.54, 1.807) is 12.3 Å². The molecule has 3 aromatic rings. The molecule has 0 aliphatic carbocycles. The van der Waals surface area contributed by atoms with Crippen LogP contribution in [-0.4, -0.2) is 11.3 Å². The maximum absolute atomic E-state index is 11.4. The van der Waals surface area contributed by atoms with Crippen molar-refractivity contribution in [1.29, 1.82) is 0 Å². The van der Waals surface area contributed by atoms with Gasteiger partial charge >= 0.3 is 0 Å². The Morgan fingerprint density at radius 3 is 2.77 bits per heavy atom. The smallest absolute Gasteiger partial charge is 0.232 e. The summed E-state index contributed by atoms with van der Waals surface area (Å²) in [6.45, 7) is 4.28. The van der Waals surface area contributed by atoms with E-state index in [1.807, 2.05) is 44.2 Å². The fraction of sp³-hybridized carbons (Fsp3) is 0.222. The number of benzene rings is 2. The first-order valence-electron chi connectivity index (χ1n) is 7.23. The van der Waals surface area contributed by atoms with Crippen LogP contribution in [0, 0.1) is 0 Å². The average molecular weight is 295 g/mol. The predicted octanol–water partition coefficient (Wildman–Crippen LogP) is 4.34. The maximum atomic E-state index is 11.4. The molecule has 0 bridgehead atoms. The quantitative estimate of drug-likeness (QED) is 0.657. The number of carbonyl (C=O) groups is 1. The largest absolute Gasteiger partial charge is 0.483 e. The minimum atomic E-state index is 0.200. The zero-order chi connectivity index (χ0) is 15.5. The first-order valence-corrected chi connectivity index (χ1v) is 7.23. The summed E-state index contributed by atoms with van der Waals surface area (Å²) in [5, 5.41) is 1.89. The van der Waals surface area contributed by atoms with Gasteiger partial charge in [0.15, 0.2) is 12.9 Å². The number of hydrogen-bond donors (Lipinski definition) is 0. The molecule has 0 saturated heterocycles. The normalized spacial score (nSPS) is 11.0. The van der Waals surface area contributed by atoms with Crippen LogP contribution in [0.15, 0.2) is 47.0 Å². The number of hydrogen-bond acceptors (Lipinski definition) is 4. The summed E-state index contributed by atoms with van der Waals surface area (Å²) in [6.07, 6.45) is 2.54. The highest BCUT2D eigenvalue weighted by molar-refractivity contribution is 6.00. The van der Waals surface area contributed by atoms with E-state index >= 15 is 0 Å². The number of rotatable bonds is 5. The van der Waals surface area contributed by atoms with Crippen LogP contribution in [0.2, 0.25) is 0 Å². The molecule has 1 aromatic heterocycles. The molecular formula is C18H17NO3. The lowest BCUT2D eigenvalue weighted by Gasteiger charge is -2.09. The number of nitrogens with zero attached hydrogens (tertiary/aromatic N) is 1. The first kappa shape index (κ1) is 14.3. The van der Waals surface area contributed by atoms with E-state index in [0.29, 0.717) is 17.2 Å². The van der Waals surface area contributed by atoms with Crippen molar-refractivity contribution in [3.8, 4) is 5.75 Å². The lowest BCUT2D eigenvalue weighted by Crippen LogP contribution is -1.99. The fourth-order valence-electron chi connectivity index (χ4n) is 2.32. The van der Waals surface area contributed by atoms with Gasteiger partial charge in [-0.15, -0.1) is 0 Å². The standard InChI is InChI=1S/C18H17NO3/c1-12(2)17-9-19-18(22-17)11-21-16-8-7-13-5-3-4-6-14(13)15(16)10-20/h3-10,12H,11H2,1-2H3. The van der Waals surface area contributed by atoms with Crippen molar-refractivity contribution in [2.24, 2.45) is 0 Å². The number of aldehydes is 1. The molecule has 4 nitrogen and oxygen atoms in total. The summed E-state index contributed by atoms with van der Waals surface area (Å²) in [5.41, 5.74) is 0.550. The highest BCUT2D eigenvalue weighted by atomic mass is 16.5. The Bertz CT molecular complexity index is 805. The number of oxazole rings is 1. The van der Waals surface area contributed by atoms with E-state index in [4.69, 9.17) is 9.15 Å². The molecule has 2 aromatic carbocycles. The van der Waals surface area contributed by atoms with Crippen molar-refractivity contribution in [2.75, 3.05) is 0 Å². The van der Waals surface area contributed by atoms with Gasteiger partial charge in [-0.2, -0.15) is 0 Å². The van der Waals surface area contributed by atoms with Crippen molar-refractivity contribution < 1.29 is 13.9 Å². The molecule has 0 atom stereocenters. The fourth-order valence-corrected chi connectivity index (χ4v) is 2.32. The van der Waals surface area contributed by atoms with Crippen molar-refractivity contribution in [2.45, 2.75) is 26.4 Å². The molecule has 0 amide bonds. The zero-order valence-corrected chi connectivity index (χ0v) is 12.6. The van der Waals surface area contributed by atoms with Gasteiger partial charge in [-0.3, -0.25) is 4.79 Å². The second kappa shape index (κ2) is 6.02. The monoisotopic (exact) mass is 295 g/mol. The number of ether oxygens (including phenoxy) is 1. The minimum absolute atomic E-state index is 0.200. The van der Waals surface area contributed by atoms with Crippen molar-refractivity contribution in [1.82, 2.24) is 4.98 Å². The van der Waals surface area contributed by atoms with Crippen LogP contribution in [0.3, 0.4) is 0 Å². The molecule has 0 unspecified atom stereocenters. The molecule has 0 spiro atoms. The Balaban J connectivity index is 1.85. The third-order valence-corrected chi connectivity index (χ3v) is 3.54. The third kappa shape index (κ3) is 2.72. The van der Waals surface area contributed by atoms with Gasteiger partial charge in [0, 0.05) is 5.92 Å². The van der Waals surface area contributed by atoms with E-state index in [9.17, 15) is 4.79 Å². The van der Waals surface area contributed by atoms with Crippen LogP contribution in [0.25, 0.3) is 10.8 Å². The minimum Gasteiger partial charge on any atom is -0.483 e. The zero-order valence-electron chi connectivity index (χ0n) is 12.6. The number of aromatic nitrogens is 1. The highest BCUT2D eigenvalue weighted by Crippen LogP contribution is 2.27. The number of carbonyl (C=O) groups excluding carboxylic acids is 1. The lowest BCUT2D eigenvalue weighted by atomic mass is 10.0. The summed E-state index contributed by atoms with van der Waals surface area (Å²) in [7, 11) is 0. The first-order chi connectivity index (χ1) is 10.7. The van der Waals surface area contributed by atoms with Gasteiger partial charge < -0.3 is 9.15 Å². The van der Waals surface area contributed by atoms with Gasteiger partial charge in [-0.25, -0.2) is 4.98 Å². The molecule has 4 heteroatoms. The van der Waals surface area contributed by atoms with Gasteiger partial charge in [0.2, 0.25) is 5.89 Å². The molecule has 1 heterocycles. The van der Waals surface area contributed by atoms with Crippen molar-refractivity contribution >= 4 is 17.1 Å². The molecule has 0 saturated carbocycles. The van der Waals surface area contributed by atoms with Crippen molar-refractivity contribution in [3.05, 3.63) is 59.8 Å². The second-order valence-electron chi connectivity index (χ2n) is 5.42. The Labute approximate surface area is 128 Å². The summed E-state index contributed by atoms with van der Waals surface area (Å²) >= 11 is 0. The van der Waals surface area contributed by atoms with Crippen LogP contribution >= 0.6 is 0 Å².